The Kier molecular flexibility index (Phi) is 8.69. The molecule has 1 unspecified atom stereocenters. The molecule has 2 amide bonds. The Hall–Kier alpha value is -1.30. The summed E-state index contributed by atoms with van der Waals surface area (Å²) in [6, 6.07) is 6.79. The number of amides is 2. The molecule has 0 saturated carbocycles. The van der Waals surface area contributed by atoms with Crippen molar-refractivity contribution < 1.29 is 9.59 Å². The topological polar surface area (TPSA) is 61.4 Å². The molecule has 1 fully saturated rings. The van der Waals surface area contributed by atoms with Crippen LogP contribution < -0.4 is 10.6 Å². The molecule has 5 nitrogen and oxygen atoms in total. The van der Waals surface area contributed by atoms with E-state index in [2.05, 4.69) is 10.6 Å². The zero-order chi connectivity index (χ0) is 17.7. The summed E-state index contributed by atoms with van der Waals surface area (Å²) >= 11 is 6.08. The van der Waals surface area contributed by atoms with Crippen molar-refractivity contribution in [2.45, 2.75) is 38.8 Å². The number of likely N-dealkylation sites (tertiary alicyclic amines) is 1. The van der Waals surface area contributed by atoms with Crippen LogP contribution in [0.3, 0.4) is 0 Å². The first-order valence-corrected chi connectivity index (χ1v) is 8.83. The maximum absolute atomic E-state index is 12.8. The number of benzene rings is 1. The Labute approximate surface area is 160 Å². The van der Waals surface area contributed by atoms with Crippen molar-refractivity contribution in [2.75, 3.05) is 20.1 Å². The summed E-state index contributed by atoms with van der Waals surface area (Å²) in [6.45, 7) is 5.32. The summed E-state index contributed by atoms with van der Waals surface area (Å²) in [4.78, 5) is 27.2. The molecular formula is C18H27Cl2N3O2. The molecule has 25 heavy (non-hydrogen) atoms. The van der Waals surface area contributed by atoms with Gasteiger partial charge in [-0.25, -0.2) is 0 Å². The van der Waals surface area contributed by atoms with Crippen LogP contribution in [0.25, 0.3) is 0 Å². The van der Waals surface area contributed by atoms with Gasteiger partial charge in [0.1, 0.15) is 6.04 Å². The molecular weight excluding hydrogens is 361 g/mol. The predicted octanol–water partition coefficient (Wildman–Crippen LogP) is 2.73. The third kappa shape index (κ3) is 5.59. The van der Waals surface area contributed by atoms with Crippen LogP contribution in [0, 0.1) is 5.92 Å². The minimum absolute atomic E-state index is 0. The molecule has 0 spiro atoms. The zero-order valence-corrected chi connectivity index (χ0v) is 16.5. The maximum atomic E-state index is 12.8. The maximum Gasteiger partial charge on any atom is 0.253 e. The summed E-state index contributed by atoms with van der Waals surface area (Å²) in [7, 11) is 1.95. The van der Waals surface area contributed by atoms with E-state index in [-0.39, 0.29) is 30.1 Å². The molecule has 2 rings (SSSR count). The summed E-state index contributed by atoms with van der Waals surface area (Å²) < 4.78 is 0. The number of piperidine rings is 1. The molecule has 140 valence electrons. The Morgan fingerprint density at radius 3 is 2.32 bits per heavy atom. The first kappa shape index (κ1) is 21.7. The van der Waals surface area contributed by atoms with E-state index in [1.165, 1.54) is 0 Å². The predicted molar refractivity (Wildman–Crippen MR) is 103 cm³/mol. The summed E-state index contributed by atoms with van der Waals surface area (Å²) in [5.41, 5.74) is 0.395. The van der Waals surface area contributed by atoms with Gasteiger partial charge in [0.2, 0.25) is 5.91 Å². The highest BCUT2D eigenvalue weighted by molar-refractivity contribution is 6.33. The Balaban J connectivity index is 0.00000312. The number of hydrogen-bond acceptors (Lipinski definition) is 3. The smallest absolute Gasteiger partial charge is 0.253 e. The van der Waals surface area contributed by atoms with Crippen molar-refractivity contribution in [2.24, 2.45) is 5.92 Å². The van der Waals surface area contributed by atoms with Crippen LogP contribution in [-0.2, 0) is 4.79 Å². The Morgan fingerprint density at radius 2 is 1.80 bits per heavy atom. The fourth-order valence-corrected chi connectivity index (χ4v) is 3.18. The van der Waals surface area contributed by atoms with Gasteiger partial charge in [0, 0.05) is 19.1 Å². The number of halogens is 2. The van der Waals surface area contributed by atoms with E-state index in [4.69, 9.17) is 11.6 Å². The normalized spacial score (nSPS) is 16.3. The van der Waals surface area contributed by atoms with Crippen LogP contribution >= 0.6 is 24.0 Å². The average molecular weight is 388 g/mol. The molecule has 1 heterocycles. The van der Waals surface area contributed by atoms with Gasteiger partial charge in [-0.15, -0.1) is 12.4 Å². The van der Waals surface area contributed by atoms with E-state index in [9.17, 15) is 9.59 Å². The molecule has 0 radical (unpaired) electrons. The second-order valence-corrected chi connectivity index (χ2v) is 6.97. The van der Waals surface area contributed by atoms with Gasteiger partial charge in [-0.1, -0.05) is 37.6 Å². The van der Waals surface area contributed by atoms with Crippen LogP contribution in [0.1, 0.15) is 37.0 Å². The van der Waals surface area contributed by atoms with Gasteiger partial charge in [0.25, 0.3) is 5.91 Å². The number of hydrogen-bond donors (Lipinski definition) is 2. The lowest BCUT2D eigenvalue weighted by atomic mass is 9.99. The van der Waals surface area contributed by atoms with E-state index in [0.717, 1.165) is 25.9 Å². The number of carbonyl (C=O) groups excluding carboxylic acids is 2. The van der Waals surface area contributed by atoms with E-state index < -0.39 is 6.04 Å². The minimum atomic E-state index is -0.542. The van der Waals surface area contributed by atoms with Crippen LogP contribution in [0.2, 0.25) is 5.02 Å². The van der Waals surface area contributed by atoms with Gasteiger partial charge in [0.05, 0.1) is 10.6 Å². The largest absolute Gasteiger partial charge is 0.341 e. The lowest BCUT2D eigenvalue weighted by Crippen LogP contribution is -2.54. The molecule has 1 atom stereocenters. The van der Waals surface area contributed by atoms with E-state index in [1.54, 1.807) is 24.3 Å². The molecule has 2 N–H and O–H groups in total. The first-order valence-electron chi connectivity index (χ1n) is 8.45. The molecule has 7 heteroatoms. The fraction of sp³-hybridized carbons (Fsp3) is 0.556. The van der Waals surface area contributed by atoms with Gasteiger partial charge in [0.15, 0.2) is 0 Å². The van der Waals surface area contributed by atoms with Gasteiger partial charge in [-0.2, -0.15) is 0 Å². The van der Waals surface area contributed by atoms with Crippen LogP contribution in [-0.4, -0.2) is 48.9 Å². The molecule has 1 aliphatic rings. The summed E-state index contributed by atoms with van der Waals surface area (Å²) in [5, 5.41) is 6.51. The van der Waals surface area contributed by atoms with E-state index in [0.29, 0.717) is 16.6 Å². The van der Waals surface area contributed by atoms with Crippen molar-refractivity contribution in [1.29, 1.82) is 0 Å². The van der Waals surface area contributed by atoms with Crippen molar-refractivity contribution in [3.8, 4) is 0 Å². The fourth-order valence-electron chi connectivity index (χ4n) is 2.96. The summed E-state index contributed by atoms with van der Waals surface area (Å²) in [5.74, 6) is -0.316. The number of carbonyl (C=O) groups is 2. The highest BCUT2D eigenvalue weighted by Crippen LogP contribution is 2.17. The number of nitrogens with zero attached hydrogens (tertiary/aromatic N) is 1. The third-order valence-corrected chi connectivity index (χ3v) is 4.88. The second kappa shape index (κ2) is 10.00. The van der Waals surface area contributed by atoms with Crippen LogP contribution in [0.4, 0.5) is 0 Å². The number of nitrogens with one attached hydrogen (secondary N) is 2. The Morgan fingerprint density at radius 1 is 1.20 bits per heavy atom. The quantitative estimate of drug-likeness (QED) is 0.816. The molecule has 0 bridgehead atoms. The molecule has 1 aromatic rings. The van der Waals surface area contributed by atoms with Crippen molar-refractivity contribution in [1.82, 2.24) is 15.5 Å². The highest BCUT2D eigenvalue weighted by atomic mass is 35.5. The SMILES string of the molecule is CNC1CCN(C(=O)C(NC(=O)c2ccccc2Cl)C(C)C)CC1.Cl. The zero-order valence-electron chi connectivity index (χ0n) is 14.9. The van der Waals surface area contributed by atoms with Crippen molar-refractivity contribution in [3.63, 3.8) is 0 Å². The third-order valence-electron chi connectivity index (χ3n) is 4.55. The van der Waals surface area contributed by atoms with Crippen LogP contribution in [0.15, 0.2) is 24.3 Å². The average Bonchev–Trinajstić information content (AvgIpc) is 2.59. The molecule has 1 aromatic carbocycles. The molecule has 1 saturated heterocycles. The van der Waals surface area contributed by atoms with Crippen LogP contribution in [0.5, 0.6) is 0 Å². The van der Waals surface area contributed by atoms with E-state index in [1.807, 2.05) is 25.8 Å². The number of rotatable bonds is 5. The van der Waals surface area contributed by atoms with Gasteiger partial charge in [-0.3, -0.25) is 9.59 Å². The molecule has 0 aliphatic carbocycles. The van der Waals surface area contributed by atoms with Crippen molar-refractivity contribution >= 4 is 35.8 Å². The lowest BCUT2D eigenvalue weighted by Gasteiger charge is -2.35. The first-order chi connectivity index (χ1) is 11.4. The lowest BCUT2D eigenvalue weighted by molar-refractivity contribution is -0.135. The Bertz CT molecular complexity index is 587. The summed E-state index contributed by atoms with van der Waals surface area (Å²) in [6.07, 6.45) is 1.87. The second-order valence-electron chi connectivity index (χ2n) is 6.56. The van der Waals surface area contributed by atoms with Gasteiger partial charge >= 0.3 is 0 Å². The highest BCUT2D eigenvalue weighted by Gasteiger charge is 2.31. The standard InChI is InChI=1S/C18H26ClN3O2.ClH/c1-12(2)16(18(24)22-10-8-13(20-3)9-11-22)21-17(23)14-6-4-5-7-15(14)19;/h4-7,12-13,16,20H,8-11H2,1-3H3,(H,21,23);1H. The monoisotopic (exact) mass is 387 g/mol. The minimum Gasteiger partial charge on any atom is -0.341 e. The molecule has 1 aliphatic heterocycles. The molecule has 0 aromatic heterocycles. The van der Waals surface area contributed by atoms with Gasteiger partial charge < -0.3 is 15.5 Å². The van der Waals surface area contributed by atoms with E-state index >= 15 is 0 Å². The van der Waals surface area contributed by atoms with Gasteiger partial charge in [-0.05, 0) is 37.9 Å². The van der Waals surface area contributed by atoms with Crippen molar-refractivity contribution in [3.05, 3.63) is 34.9 Å².